The highest BCUT2D eigenvalue weighted by molar-refractivity contribution is 7.08. The smallest absolute Gasteiger partial charge is 0.0489 e. The average Bonchev–Trinajstić information content (AvgIpc) is 2.34. The third kappa shape index (κ3) is 1.28. The highest BCUT2D eigenvalue weighted by atomic mass is 32.1. The van der Waals surface area contributed by atoms with Crippen LogP contribution in [0, 0.1) is 6.92 Å². The maximum absolute atomic E-state index is 5.73. The predicted molar refractivity (Wildman–Crippen MR) is 46.2 cm³/mol. The molecule has 1 aromatic heterocycles. The fraction of sp³-hybridized carbons (Fsp3) is 0.250. The van der Waals surface area contributed by atoms with E-state index < -0.39 is 0 Å². The number of thiophene rings is 1. The van der Waals surface area contributed by atoms with E-state index in [1.807, 2.05) is 0 Å². The number of aryl methyl sites for hydroxylation is 1. The minimum atomic E-state index is 0.00579. The molecule has 0 bridgehead atoms. The molecular weight excluding hydrogens is 142 g/mol. The van der Waals surface area contributed by atoms with Gasteiger partial charge in [-0.3, -0.25) is 0 Å². The van der Waals surface area contributed by atoms with Crippen LogP contribution in [0.5, 0.6) is 0 Å². The zero-order valence-electron chi connectivity index (χ0n) is 6.00. The molecular formula is C8H11NS. The van der Waals surface area contributed by atoms with Gasteiger partial charge in [0.1, 0.15) is 0 Å². The first-order chi connectivity index (χ1) is 4.75. The van der Waals surface area contributed by atoms with E-state index in [0.717, 1.165) is 0 Å². The molecule has 0 saturated carbocycles. The van der Waals surface area contributed by atoms with E-state index >= 15 is 0 Å². The molecule has 2 heteroatoms. The first kappa shape index (κ1) is 7.51. The highest BCUT2D eigenvalue weighted by Gasteiger charge is 2.03. The Bertz CT molecular complexity index is 227. The minimum Gasteiger partial charge on any atom is -0.321 e. The Kier molecular flexibility index (Phi) is 2.25. The normalized spacial score (nSPS) is 13.0. The summed E-state index contributed by atoms with van der Waals surface area (Å²) in [5.41, 5.74) is 8.18. The molecule has 0 fully saturated rings. The van der Waals surface area contributed by atoms with Gasteiger partial charge in [0.25, 0.3) is 0 Å². The van der Waals surface area contributed by atoms with Crippen molar-refractivity contribution >= 4 is 11.3 Å². The molecule has 0 radical (unpaired) electrons. The first-order valence-electron chi connectivity index (χ1n) is 3.16. The fourth-order valence-electron chi connectivity index (χ4n) is 0.839. The lowest BCUT2D eigenvalue weighted by molar-refractivity contribution is 0.910. The molecule has 54 valence electrons. The molecule has 2 N–H and O–H groups in total. The molecule has 0 saturated heterocycles. The fourth-order valence-corrected chi connectivity index (χ4v) is 1.74. The second-order valence-electron chi connectivity index (χ2n) is 2.27. The Balaban J connectivity index is 2.92. The predicted octanol–water partition coefficient (Wildman–Crippen LogP) is 2.24. The van der Waals surface area contributed by atoms with Crippen LogP contribution in [0.2, 0.25) is 0 Å². The Morgan fingerprint density at radius 1 is 1.70 bits per heavy atom. The summed E-state index contributed by atoms with van der Waals surface area (Å²) in [6, 6.07) is 0.00579. The van der Waals surface area contributed by atoms with Crippen LogP contribution in [0.4, 0.5) is 0 Å². The van der Waals surface area contributed by atoms with E-state index in [0.29, 0.717) is 0 Å². The van der Waals surface area contributed by atoms with Crippen LogP contribution in [0.1, 0.15) is 17.2 Å². The summed E-state index contributed by atoms with van der Waals surface area (Å²) in [7, 11) is 0. The molecule has 1 aromatic rings. The van der Waals surface area contributed by atoms with E-state index in [1.54, 1.807) is 17.4 Å². The van der Waals surface area contributed by atoms with Gasteiger partial charge in [-0.15, -0.1) is 6.58 Å². The number of rotatable bonds is 2. The molecule has 0 aliphatic carbocycles. The second kappa shape index (κ2) is 2.99. The van der Waals surface area contributed by atoms with Gasteiger partial charge >= 0.3 is 0 Å². The van der Waals surface area contributed by atoms with Gasteiger partial charge in [-0.05, 0) is 28.8 Å². The summed E-state index contributed by atoms with van der Waals surface area (Å²) in [4.78, 5) is 0. The molecule has 1 atom stereocenters. The van der Waals surface area contributed by atoms with Gasteiger partial charge in [0, 0.05) is 6.04 Å². The lowest BCUT2D eigenvalue weighted by Gasteiger charge is -2.03. The van der Waals surface area contributed by atoms with Crippen molar-refractivity contribution in [2.24, 2.45) is 5.73 Å². The summed E-state index contributed by atoms with van der Waals surface area (Å²) < 4.78 is 0. The highest BCUT2D eigenvalue weighted by Crippen LogP contribution is 2.19. The molecule has 0 aliphatic heterocycles. The van der Waals surface area contributed by atoms with Crippen LogP contribution in [0.3, 0.4) is 0 Å². The Morgan fingerprint density at radius 3 is 2.80 bits per heavy atom. The monoisotopic (exact) mass is 153 g/mol. The molecule has 0 spiro atoms. The molecule has 0 aliphatic rings. The molecule has 0 amide bonds. The van der Waals surface area contributed by atoms with Crippen LogP contribution >= 0.6 is 11.3 Å². The van der Waals surface area contributed by atoms with Crippen LogP contribution in [0.25, 0.3) is 0 Å². The van der Waals surface area contributed by atoms with Crippen LogP contribution < -0.4 is 5.73 Å². The zero-order valence-corrected chi connectivity index (χ0v) is 6.82. The quantitative estimate of drug-likeness (QED) is 0.648. The van der Waals surface area contributed by atoms with Crippen LogP contribution in [-0.2, 0) is 0 Å². The topological polar surface area (TPSA) is 26.0 Å². The van der Waals surface area contributed by atoms with E-state index in [-0.39, 0.29) is 6.04 Å². The minimum absolute atomic E-state index is 0.00579. The second-order valence-corrected chi connectivity index (χ2v) is 3.02. The van der Waals surface area contributed by atoms with E-state index in [1.165, 1.54) is 11.1 Å². The van der Waals surface area contributed by atoms with Crippen molar-refractivity contribution in [3.05, 3.63) is 34.5 Å². The van der Waals surface area contributed by atoms with Gasteiger partial charge in [-0.1, -0.05) is 6.08 Å². The van der Waals surface area contributed by atoms with Crippen molar-refractivity contribution in [2.45, 2.75) is 13.0 Å². The molecule has 1 unspecified atom stereocenters. The molecule has 1 rings (SSSR count). The Labute approximate surface area is 65.2 Å². The van der Waals surface area contributed by atoms with E-state index in [9.17, 15) is 0 Å². The van der Waals surface area contributed by atoms with Crippen molar-refractivity contribution in [3.63, 3.8) is 0 Å². The summed E-state index contributed by atoms with van der Waals surface area (Å²) in [5.74, 6) is 0. The molecule has 1 heterocycles. The Morgan fingerprint density at radius 2 is 2.40 bits per heavy atom. The van der Waals surface area contributed by atoms with Crippen LogP contribution in [0.15, 0.2) is 23.4 Å². The van der Waals surface area contributed by atoms with Gasteiger partial charge in [0.15, 0.2) is 0 Å². The maximum atomic E-state index is 5.73. The largest absolute Gasteiger partial charge is 0.321 e. The van der Waals surface area contributed by atoms with Gasteiger partial charge < -0.3 is 5.73 Å². The van der Waals surface area contributed by atoms with Gasteiger partial charge in [-0.2, -0.15) is 11.3 Å². The summed E-state index contributed by atoms with van der Waals surface area (Å²) in [5, 5.41) is 4.17. The van der Waals surface area contributed by atoms with E-state index in [4.69, 9.17) is 5.73 Å². The van der Waals surface area contributed by atoms with E-state index in [2.05, 4.69) is 24.3 Å². The van der Waals surface area contributed by atoms with Crippen molar-refractivity contribution in [1.82, 2.24) is 0 Å². The summed E-state index contributed by atoms with van der Waals surface area (Å²) >= 11 is 1.68. The first-order valence-corrected chi connectivity index (χ1v) is 4.11. The Hall–Kier alpha value is -0.600. The average molecular weight is 153 g/mol. The summed E-state index contributed by atoms with van der Waals surface area (Å²) in [6.07, 6.45) is 1.76. The zero-order chi connectivity index (χ0) is 7.56. The van der Waals surface area contributed by atoms with Crippen molar-refractivity contribution in [2.75, 3.05) is 0 Å². The summed E-state index contributed by atoms with van der Waals surface area (Å²) in [6.45, 7) is 5.70. The third-order valence-corrected chi connectivity index (χ3v) is 2.39. The lowest BCUT2D eigenvalue weighted by atomic mass is 10.1. The molecule has 10 heavy (non-hydrogen) atoms. The third-order valence-electron chi connectivity index (χ3n) is 1.51. The van der Waals surface area contributed by atoms with Crippen molar-refractivity contribution in [1.29, 1.82) is 0 Å². The van der Waals surface area contributed by atoms with Crippen molar-refractivity contribution < 1.29 is 0 Å². The number of hydrogen-bond acceptors (Lipinski definition) is 2. The standard InChI is InChI=1S/C8H11NS/c1-3-8(9)7-5-10-4-6(7)2/h3-5,8H,1,9H2,2H3. The number of hydrogen-bond donors (Lipinski definition) is 1. The van der Waals surface area contributed by atoms with Gasteiger partial charge in [0.2, 0.25) is 0 Å². The van der Waals surface area contributed by atoms with Gasteiger partial charge in [-0.25, -0.2) is 0 Å². The maximum Gasteiger partial charge on any atom is 0.0489 e. The lowest BCUT2D eigenvalue weighted by Crippen LogP contribution is -2.05. The van der Waals surface area contributed by atoms with Crippen LogP contribution in [-0.4, -0.2) is 0 Å². The molecule has 0 aromatic carbocycles. The van der Waals surface area contributed by atoms with Gasteiger partial charge in [0.05, 0.1) is 0 Å². The van der Waals surface area contributed by atoms with Crippen molar-refractivity contribution in [3.8, 4) is 0 Å². The SMILES string of the molecule is C=CC(N)c1cscc1C. The number of nitrogens with two attached hydrogens (primary N) is 1. The molecule has 1 nitrogen and oxygen atoms in total.